The Balaban J connectivity index is 1.41. The molecule has 1 aromatic heterocycles. The predicted octanol–water partition coefficient (Wildman–Crippen LogP) is 2.70. The van der Waals surface area contributed by atoms with Gasteiger partial charge in [0.15, 0.2) is 0 Å². The third-order valence-electron chi connectivity index (χ3n) is 5.70. The molecule has 1 aliphatic rings. The van der Waals surface area contributed by atoms with Gasteiger partial charge >= 0.3 is 5.97 Å². The van der Waals surface area contributed by atoms with E-state index in [0.717, 1.165) is 10.9 Å². The second-order valence-electron chi connectivity index (χ2n) is 7.77. The number of aromatic nitrogens is 1. The van der Waals surface area contributed by atoms with Gasteiger partial charge in [-0.05, 0) is 36.4 Å². The number of aromatic amines is 1. The Hall–Kier alpha value is -3.43. The lowest BCUT2D eigenvalue weighted by atomic mass is 10.0. The monoisotopic (exact) mass is 440 g/mol. The molecule has 1 saturated heterocycles. The highest BCUT2D eigenvalue weighted by Crippen LogP contribution is 2.31. The number of rotatable bonds is 7. The Bertz CT molecular complexity index is 1120. The summed E-state index contributed by atoms with van der Waals surface area (Å²) in [4.78, 5) is 31.5. The van der Waals surface area contributed by atoms with Crippen molar-refractivity contribution in [3.05, 3.63) is 60.0 Å². The van der Waals surface area contributed by atoms with Crippen LogP contribution in [0.5, 0.6) is 5.75 Å². The van der Waals surface area contributed by atoms with Crippen LogP contribution >= 0.6 is 0 Å². The van der Waals surface area contributed by atoms with Crippen LogP contribution in [0.3, 0.4) is 0 Å². The standard InChI is InChI=1S/C23H25FN4O4/c1-32-17-5-6-20-18(12-17)19(13-25-20)22(23(30)31)28-9-7-27(8-10-28)14-21(29)26-16-4-2-3-15(24)11-16/h2-6,11-13,22,25H,7-10,14H2,1H3,(H,26,29)(H,30,31)/t22-/m0/s1. The van der Waals surface area contributed by atoms with Gasteiger partial charge < -0.3 is 20.1 Å². The quantitative estimate of drug-likeness (QED) is 0.523. The van der Waals surface area contributed by atoms with E-state index < -0.39 is 17.8 Å². The van der Waals surface area contributed by atoms with Gasteiger partial charge in [0.2, 0.25) is 5.91 Å². The van der Waals surface area contributed by atoms with Crippen LogP contribution in [0.1, 0.15) is 11.6 Å². The predicted molar refractivity (Wildman–Crippen MR) is 118 cm³/mol. The molecule has 1 aliphatic heterocycles. The minimum atomic E-state index is -0.925. The average molecular weight is 440 g/mol. The molecule has 0 saturated carbocycles. The van der Waals surface area contributed by atoms with E-state index >= 15 is 0 Å². The maximum atomic E-state index is 13.3. The summed E-state index contributed by atoms with van der Waals surface area (Å²) in [5.74, 6) is -0.906. The Morgan fingerprint density at radius 2 is 1.97 bits per heavy atom. The van der Waals surface area contributed by atoms with Gasteiger partial charge in [0, 0.05) is 54.5 Å². The van der Waals surface area contributed by atoms with E-state index in [1.165, 1.54) is 18.2 Å². The molecule has 1 amide bonds. The molecular formula is C23H25FN4O4. The van der Waals surface area contributed by atoms with Crippen LogP contribution in [0, 0.1) is 5.82 Å². The van der Waals surface area contributed by atoms with E-state index in [2.05, 4.69) is 10.3 Å². The van der Waals surface area contributed by atoms with Crippen molar-refractivity contribution in [2.45, 2.75) is 6.04 Å². The number of fused-ring (bicyclic) bond motifs is 1. The molecule has 3 N–H and O–H groups in total. The van der Waals surface area contributed by atoms with Crippen molar-refractivity contribution in [1.82, 2.24) is 14.8 Å². The fourth-order valence-corrected chi connectivity index (χ4v) is 4.11. The molecule has 8 nitrogen and oxygen atoms in total. The number of ether oxygens (including phenoxy) is 1. The first-order valence-electron chi connectivity index (χ1n) is 10.3. The third kappa shape index (κ3) is 4.74. The molecule has 2 aromatic carbocycles. The number of carbonyl (C=O) groups is 2. The van der Waals surface area contributed by atoms with Gasteiger partial charge in [-0.1, -0.05) is 6.07 Å². The number of piperazine rings is 1. The summed E-state index contributed by atoms with van der Waals surface area (Å²) in [5, 5.41) is 13.5. The number of benzene rings is 2. The lowest BCUT2D eigenvalue weighted by Gasteiger charge is -2.37. The zero-order valence-corrected chi connectivity index (χ0v) is 17.7. The molecule has 32 heavy (non-hydrogen) atoms. The third-order valence-corrected chi connectivity index (χ3v) is 5.70. The van der Waals surface area contributed by atoms with E-state index in [0.29, 0.717) is 43.2 Å². The molecule has 0 spiro atoms. The van der Waals surface area contributed by atoms with Gasteiger partial charge in [0.25, 0.3) is 0 Å². The first kappa shape index (κ1) is 21.8. The van der Waals surface area contributed by atoms with Crippen molar-refractivity contribution in [3.8, 4) is 5.75 Å². The van der Waals surface area contributed by atoms with Crippen LogP contribution in [0.15, 0.2) is 48.7 Å². The fraction of sp³-hybridized carbons (Fsp3) is 0.304. The van der Waals surface area contributed by atoms with Crippen molar-refractivity contribution < 1.29 is 23.8 Å². The van der Waals surface area contributed by atoms with Crippen LogP contribution in [0.2, 0.25) is 0 Å². The Kier molecular flexibility index (Phi) is 6.38. The summed E-state index contributed by atoms with van der Waals surface area (Å²) >= 11 is 0. The van der Waals surface area contributed by atoms with Gasteiger partial charge in [-0.3, -0.25) is 19.4 Å². The number of carboxylic acid groups (broad SMARTS) is 1. The van der Waals surface area contributed by atoms with Crippen molar-refractivity contribution >= 4 is 28.5 Å². The molecule has 0 unspecified atom stereocenters. The summed E-state index contributed by atoms with van der Waals surface area (Å²) in [5.41, 5.74) is 1.94. The van der Waals surface area contributed by atoms with Crippen LogP contribution < -0.4 is 10.1 Å². The number of amides is 1. The second kappa shape index (κ2) is 9.37. The number of halogens is 1. The van der Waals surface area contributed by atoms with E-state index in [4.69, 9.17) is 4.74 Å². The highest BCUT2D eigenvalue weighted by molar-refractivity contribution is 5.92. The zero-order chi connectivity index (χ0) is 22.7. The number of hydrogen-bond donors (Lipinski definition) is 3. The molecule has 0 aliphatic carbocycles. The van der Waals surface area contributed by atoms with Gasteiger partial charge in [0.1, 0.15) is 17.6 Å². The molecule has 9 heteroatoms. The minimum absolute atomic E-state index is 0.159. The van der Waals surface area contributed by atoms with E-state index in [-0.39, 0.29) is 12.5 Å². The molecule has 0 bridgehead atoms. The number of anilines is 1. The molecule has 3 aromatic rings. The highest BCUT2D eigenvalue weighted by Gasteiger charge is 2.32. The van der Waals surface area contributed by atoms with Crippen LogP contribution in [-0.2, 0) is 9.59 Å². The Morgan fingerprint density at radius 1 is 1.19 bits per heavy atom. The summed E-state index contributed by atoms with van der Waals surface area (Å²) in [6.45, 7) is 2.26. The first-order chi connectivity index (χ1) is 15.4. The average Bonchev–Trinajstić information content (AvgIpc) is 3.17. The molecule has 1 fully saturated rings. The van der Waals surface area contributed by atoms with Gasteiger partial charge in [0.05, 0.1) is 13.7 Å². The van der Waals surface area contributed by atoms with Gasteiger partial charge in [-0.25, -0.2) is 4.39 Å². The van der Waals surface area contributed by atoms with Crippen molar-refractivity contribution in [2.24, 2.45) is 0 Å². The van der Waals surface area contributed by atoms with Crippen LogP contribution in [-0.4, -0.2) is 71.6 Å². The molecule has 4 rings (SSSR count). The van der Waals surface area contributed by atoms with Crippen LogP contribution in [0.4, 0.5) is 10.1 Å². The Morgan fingerprint density at radius 3 is 2.66 bits per heavy atom. The van der Waals surface area contributed by atoms with E-state index in [1.54, 1.807) is 19.4 Å². The lowest BCUT2D eigenvalue weighted by molar-refractivity contribution is -0.144. The second-order valence-corrected chi connectivity index (χ2v) is 7.77. The number of methoxy groups -OCH3 is 1. The number of aliphatic carboxylic acids is 1. The molecule has 0 radical (unpaired) electrons. The maximum absolute atomic E-state index is 13.3. The largest absolute Gasteiger partial charge is 0.497 e. The highest BCUT2D eigenvalue weighted by atomic mass is 19.1. The van der Waals surface area contributed by atoms with Crippen molar-refractivity contribution in [2.75, 3.05) is 45.2 Å². The number of carbonyl (C=O) groups excluding carboxylic acids is 1. The lowest BCUT2D eigenvalue weighted by Crippen LogP contribution is -2.50. The summed E-state index contributed by atoms with van der Waals surface area (Å²) in [7, 11) is 1.58. The van der Waals surface area contributed by atoms with Gasteiger partial charge in [-0.2, -0.15) is 0 Å². The van der Waals surface area contributed by atoms with Gasteiger partial charge in [-0.15, -0.1) is 0 Å². The molecule has 168 valence electrons. The van der Waals surface area contributed by atoms with Crippen molar-refractivity contribution in [3.63, 3.8) is 0 Å². The summed E-state index contributed by atoms with van der Waals surface area (Å²) < 4.78 is 18.6. The molecule has 2 heterocycles. The first-order valence-corrected chi connectivity index (χ1v) is 10.3. The summed E-state index contributed by atoms with van der Waals surface area (Å²) in [6, 6.07) is 10.5. The normalized spacial score (nSPS) is 16.1. The number of nitrogens with zero attached hydrogens (tertiary/aromatic N) is 2. The van der Waals surface area contributed by atoms with Crippen molar-refractivity contribution in [1.29, 1.82) is 0 Å². The zero-order valence-electron chi connectivity index (χ0n) is 17.7. The maximum Gasteiger partial charge on any atom is 0.325 e. The van der Waals surface area contributed by atoms with E-state index in [1.807, 2.05) is 28.0 Å². The fourth-order valence-electron chi connectivity index (χ4n) is 4.11. The molecule has 1 atom stereocenters. The Labute approximate surface area is 184 Å². The topological polar surface area (TPSA) is 97.9 Å². The number of hydrogen-bond acceptors (Lipinski definition) is 5. The number of carboxylic acids is 1. The summed E-state index contributed by atoms with van der Waals surface area (Å²) in [6.07, 6.45) is 1.74. The number of nitrogens with one attached hydrogen (secondary N) is 2. The SMILES string of the molecule is COc1ccc2[nH]cc([C@@H](C(=O)O)N3CCN(CC(=O)Nc4cccc(F)c4)CC3)c2c1. The smallest absolute Gasteiger partial charge is 0.325 e. The van der Waals surface area contributed by atoms with E-state index in [9.17, 15) is 19.1 Å². The van der Waals surface area contributed by atoms with Crippen LogP contribution in [0.25, 0.3) is 10.9 Å². The molecular weight excluding hydrogens is 415 g/mol. The number of H-pyrrole nitrogens is 1. The minimum Gasteiger partial charge on any atom is -0.497 e.